The Bertz CT molecular complexity index is 630. The molecular weight excluding hydrogens is 280 g/mol. The molecule has 1 aliphatic heterocycles. The van der Waals surface area contributed by atoms with E-state index in [9.17, 15) is 4.79 Å². The number of ether oxygens (including phenoxy) is 2. The molecular formula is C12H12N4O3S. The van der Waals surface area contributed by atoms with Crippen LogP contribution in [-0.2, 0) is 0 Å². The zero-order valence-corrected chi connectivity index (χ0v) is 11.3. The summed E-state index contributed by atoms with van der Waals surface area (Å²) in [4.78, 5) is 12.4. The first-order valence-corrected chi connectivity index (χ1v) is 6.79. The first kappa shape index (κ1) is 12.7. The monoisotopic (exact) mass is 292 g/mol. The van der Waals surface area contributed by atoms with Crippen molar-refractivity contribution in [1.29, 1.82) is 0 Å². The van der Waals surface area contributed by atoms with Gasteiger partial charge in [-0.05, 0) is 11.5 Å². The number of carbonyl (C=O) groups is 1. The highest BCUT2D eigenvalue weighted by Crippen LogP contribution is 2.36. The molecule has 0 atom stereocenters. The first-order chi connectivity index (χ1) is 9.74. The molecule has 0 spiro atoms. The van der Waals surface area contributed by atoms with Crippen LogP contribution in [0.5, 0.6) is 11.5 Å². The van der Waals surface area contributed by atoms with Crippen molar-refractivity contribution in [3.8, 4) is 11.5 Å². The standard InChI is InChI=1S/C12H12N4O3S/c13-7-4-9-10(19-3-1-2-18-9)5-8(7)15-12(17)11-6-14-16-20-11/h4-6H,1-3,13H2,(H,15,17). The molecule has 1 amide bonds. The molecule has 8 heteroatoms. The van der Waals surface area contributed by atoms with Crippen LogP contribution in [0, 0.1) is 0 Å². The zero-order chi connectivity index (χ0) is 13.9. The van der Waals surface area contributed by atoms with Crippen molar-refractivity contribution in [2.24, 2.45) is 0 Å². The maximum Gasteiger partial charge on any atom is 0.269 e. The molecule has 7 nitrogen and oxygen atoms in total. The Hall–Kier alpha value is -2.35. The smallest absolute Gasteiger partial charge is 0.269 e. The summed E-state index contributed by atoms with van der Waals surface area (Å²) in [5.74, 6) is 0.869. The normalized spacial score (nSPS) is 13.6. The van der Waals surface area contributed by atoms with Crippen molar-refractivity contribution in [3.63, 3.8) is 0 Å². The predicted molar refractivity (Wildman–Crippen MR) is 74.3 cm³/mol. The van der Waals surface area contributed by atoms with Crippen LogP contribution in [0.3, 0.4) is 0 Å². The third kappa shape index (κ3) is 2.50. The molecule has 2 heterocycles. The minimum absolute atomic E-state index is 0.304. The Labute approximate surface area is 118 Å². The summed E-state index contributed by atoms with van der Waals surface area (Å²) >= 11 is 1.02. The van der Waals surface area contributed by atoms with Gasteiger partial charge in [0.2, 0.25) is 0 Å². The number of benzene rings is 1. The fourth-order valence-corrected chi connectivity index (χ4v) is 2.19. The van der Waals surface area contributed by atoms with Crippen molar-refractivity contribution in [1.82, 2.24) is 9.59 Å². The second kappa shape index (κ2) is 5.33. The summed E-state index contributed by atoms with van der Waals surface area (Å²) in [5, 5.41) is 6.34. The topological polar surface area (TPSA) is 99.4 Å². The molecule has 3 N–H and O–H groups in total. The SMILES string of the molecule is Nc1cc2c(cc1NC(=O)c1cnns1)OCCCO2. The van der Waals surface area contributed by atoms with E-state index in [1.165, 1.54) is 6.20 Å². The maximum absolute atomic E-state index is 12.0. The van der Waals surface area contributed by atoms with Crippen LogP contribution in [0.1, 0.15) is 16.1 Å². The van der Waals surface area contributed by atoms with E-state index in [0.717, 1.165) is 18.0 Å². The Balaban J connectivity index is 1.86. The van der Waals surface area contributed by atoms with Crippen molar-refractivity contribution in [2.45, 2.75) is 6.42 Å². The van der Waals surface area contributed by atoms with E-state index in [-0.39, 0.29) is 5.91 Å². The van der Waals surface area contributed by atoms with E-state index in [4.69, 9.17) is 15.2 Å². The second-order valence-corrected chi connectivity index (χ2v) is 4.96. The van der Waals surface area contributed by atoms with Gasteiger partial charge in [-0.1, -0.05) is 4.49 Å². The molecule has 1 aromatic heterocycles. The zero-order valence-electron chi connectivity index (χ0n) is 10.5. The van der Waals surface area contributed by atoms with Gasteiger partial charge in [-0.25, -0.2) is 0 Å². The molecule has 0 bridgehead atoms. The van der Waals surface area contributed by atoms with Crippen LogP contribution >= 0.6 is 11.5 Å². The predicted octanol–water partition coefficient (Wildman–Crippen LogP) is 1.53. The van der Waals surface area contributed by atoms with Gasteiger partial charge >= 0.3 is 0 Å². The number of fused-ring (bicyclic) bond motifs is 1. The van der Waals surface area contributed by atoms with Gasteiger partial charge in [-0.2, -0.15) is 0 Å². The Kier molecular flexibility index (Phi) is 3.38. The molecule has 20 heavy (non-hydrogen) atoms. The number of amides is 1. The van der Waals surface area contributed by atoms with E-state index >= 15 is 0 Å². The van der Waals surface area contributed by atoms with E-state index in [2.05, 4.69) is 14.9 Å². The largest absolute Gasteiger partial charge is 0.489 e. The van der Waals surface area contributed by atoms with E-state index in [1.54, 1.807) is 12.1 Å². The average Bonchev–Trinajstić information content (AvgIpc) is 2.88. The minimum atomic E-state index is -0.304. The average molecular weight is 292 g/mol. The molecule has 1 aromatic carbocycles. The number of hydrogen-bond acceptors (Lipinski definition) is 7. The van der Waals surface area contributed by atoms with Crippen molar-refractivity contribution in [3.05, 3.63) is 23.2 Å². The van der Waals surface area contributed by atoms with E-state index < -0.39 is 0 Å². The second-order valence-electron chi connectivity index (χ2n) is 4.17. The van der Waals surface area contributed by atoms with E-state index in [1.807, 2.05) is 0 Å². The fourth-order valence-electron chi connectivity index (χ4n) is 1.78. The third-order valence-corrected chi connectivity index (χ3v) is 3.42. The molecule has 0 saturated heterocycles. The Morgan fingerprint density at radius 3 is 2.75 bits per heavy atom. The number of rotatable bonds is 2. The summed E-state index contributed by atoms with van der Waals surface area (Å²) in [6, 6.07) is 3.32. The molecule has 2 aromatic rings. The van der Waals surface area contributed by atoms with Gasteiger partial charge in [0, 0.05) is 18.6 Å². The first-order valence-electron chi connectivity index (χ1n) is 6.02. The molecule has 0 radical (unpaired) electrons. The highest BCUT2D eigenvalue weighted by atomic mass is 32.1. The van der Waals surface area contributed by atoms with Gasteiger partial charge in [0.25, 0.3) is 5.91 Å². The van der Waals surface area contributed by atoms with Crippen LogP contribution in [0.4, 0.5) is 11.4 Å². The van der Waals surface area contributed by atoms with E-state index in [0.29, 0.717) is 41.0 Å². The number of nitrogens with zero attached hydrogens (tertiary/aromatic N) is 2. The fraction of sp³-hybridized carbons (Fsp3) is 0.250. The lowest BCUT2D eigenvalue weighted by Crippen LogP contribution is -2.12. The van der Waals surface area contributed by atoms with Crippen LogP contribution in [0.2, 0.25) is 0 Å². The minimum Gasteiger partial charge on any atom is -0.489 e. The van der Waals surface area contributed by atoms with Crippen LogP contribution in [-0.4, -0.2) is 28.7 Å². The summed E-state index contributed by atoms with van der Waals surface area (Å²) in [5.41, 5.74) is 6.82. The molecule has 0 saturated carbocycles. The molecule has 104 valence electrons. The quantitative estimate of drug-likeness (QED) is 0.814. The third-order valence-electron chi connectivity index (χ3n) is 2.75. The lowest BCUT2D eigenvalue weighted by atomic mass is 10.2. The van der Waals surface area contributed by atoms with Crippen LogP contribution < -0.4 is 20.5 Å². The number of anilines is 2. The van der Waals surface area contributed by atoms with Gasteiger partial charge in [-0.15, -0.1) is 5.10 Å². The van der Waals surface area contributed by atoms with Gasteiger partial charge in [0.1, 0.15) is 4.88 Å². The number of nitrogens with one attached hydrogen (secondary N) is 1. The van der Waals surface area contributed by atoms with Crippen molar-refractivity contribution < 1.29 is 14.3 Å². The summed E-state index contributed by atoms with van der Waals surface area (Å²) in [6.07, 6.45) is 2.21. The van der Waals surface area contributed by atoms with Gasteiger partial charge in [-0.3, -0.25) is 4.79 Å². The van der Waals surface area contributed by atoms with Gasteiger partial charge < -0.3 is 20.5 Å². The van der Waals surface area contributed by atoms with Crippen LogP contribution in [0.15, 0.2) is 18.3 Å². The number of aromatic nitrogens is 2. The number of hydrogen-bond donors (Lipinski definition) is 2. The van der Waals surface area contributed by atoms with Crippen molar-refractivity contribution in [2.75, 3.05) is 24.3 Å². The lowest BCUT2D eigenvalue weighted by molar-refractivity contribution is 0.103. The summed E-state index contributed by atoms with van der Waals surface area (Å²) in [6.45, 7) is 1.16. The number of nitrogens with two attached hydrogens (primary N) is 1. The van der Waals surface area contributed by atoms with Gasteiger partial charge in [0.15, 0.2) is 11.5 Å². The Morgan fingerprint density at radius 2 is 2.05 bits per heavy atom. The molecule has 1 aliphatic rings. The lowest BCUT2D eigenvalue weighted by Gasteiger charge is -2.12. The van der Waals surface area contributed by atoms with Gasteiger partial charge in [0.05, 0.1) is 30.8 Å². The summed E-state index contributed by atoms with van der Waals surface area (Å²) < 4.78 is 14.7. The highest BCUT2D eigenvalue weighted by molar-refractivity contribution is 7.07. The maximum atomic E-state index is 12.0. The Morgan fingerprint density at radius 1 is 1.30 bits per heavy atom. The highest BCUT2D eigenvalue weighted by Gasteiger charge is 2.16. The molecule has 3 rings (SSSR count). The molecule has 0 aliphatic carbocycles. The number of nitrogen functional groups attached to an aromatic ring is 1. The molecule has 0 fully saturated rings. The number of carbonyl (C=O) groups excluding carboxylic acids is 1. The summed E-state index contributed by atoms with van der Waals surface area (Å²) in [7, 11) is 0. The molecule has 0 unspecified atom stereocenters. The van der Waals surface area contributed by atoms with Crippen LogP contribution in [0.25, 0.3) is 0 Å². The van der Waals surface area contributed by atoms with Crippen molar-refractivity contribution >= 4 is 28.8 Å².